The number of carbonyl (C=O) groups is 2. The van der Waals surface area contributed by atoms with Crippen LogP contribution in [0.25, 0.3) is 0 Å². The van der Waals surface area contributed by atoms with Gasteiger partial charge in [0.05, 0.1) is 12.0 Å². The van der Waals surface area contributed by atoms with E-state index in [9.17, 15) is 9.59 Å². The average Bonchev–Trinajstić information content (AvgIpc) is 2.45. The van der Waals surface area contributed by atoms with Gasteiger partial charge < -0.3 is 15.7 Å². The molecule has 1 aromatic rings. The number of carboxylic acids is 1. The lowest BCUT2D eigenvalue weighted by atomic mass is 10.2. The van der Waals surface area contributed by atoms with Crippen molar-refractivity contribution in [2.45, 2.75) is 6.42 Å². The highest BCUT2D eigenvalue weighted by Gasteiger charge is 2.21. The molecule has 1 aliphatic rings. The quantitative estimate of drug-likeness (QED) is 0.772. The smallest absolute Gasteiger partial charge is 0.304 e. The molecule has 108 valence electrons. The highest BCUT2D eigenvalue weighted by atomic mass is 16.4. The van der Waals surface area contributed by atoms with Gasteiger partial charge in [-0.25, -0.2) is 4.98 Å². The fraction of sp³-hybridized carbons (Fsp3) is 0.462. The number of nitrogens with two attached hydrogens (primary N) is 1. The Morgan fingerprint density at radius 1 is 1.30 bits per heavy atom. The Balaban J connectivity index is 1.97. The predicted molar refractivity (Wildman–Crippen MR) is 73.7 cm³/mol. The summed E-state index contributed by atoms with van der Waals surface area (Å²) in [4.78, 5) is 30.3. The first-order chi connectivity index (χ1) is 9.58. The average molecular weight is 278 g/mol. The van der Waals surface area contributed by atoms with E-state index in [-0.39, 0.29) is 6.42 Å². The number of piperazine rings is 1. The molecule has 0 atom stereocenters. The lowest BCUT2D eigenvalue weighted by Gasteiger charge is -2.35. The van der Waals surface area contributed by atoms with E-state index in [0.29, 0.717) is 31.0 Å². The molecule has 7 heteroatoms. The van der Waals surface area contributed by atoms with Gasteiger partial charge in [0.2, 0.25) is 0 Å². The predicted octanol–water partition coefficient (Wildman–Crippen LogP) is -0.223. The second-order valence-corrected chi connectivity index (χ2v) is 4.71. The number of rotatable bonds is 5. The lowest BCUT2D eigenvalue weighted by molar-refractivity contribution is -0.137. The van der Waals surface area contributed by atoms with E-state index in [2.05, 4.69) is 9.88 Å². The first-order valence-corrected chi connectivity index (χ1v) is 6.52. The zero-order valence-corrected chi connectivity index (χ0v) is 11.2. The summed E-state index contributed by atoms with van der Waals surface area (Å²) in [5.41, 5.74) is 5.77. The molecule has 1 aromatic heterocycles. The molecule has 3 N–H and O–H groups in total. The summed E-state index contributed by atoms with van der Waals surface area (Å²) in [6.07, 6.45) is 1.79. The van der Waals surface area contributed by atoms with Gasteiger partial charge in [0, 0.05) is 38.9 Å². The molecule has 0 saturated carbocycles. The van der Waals surface area contributed by atoms with Crippen molar-refractivity contribution in [3.8, 4) is 0 Å². The molecule has 0 aromatic carbocycles. The Kier molecular flexibility index (Phi) is 4.52. The molecule has 1 fully saturated rings. The summed E-state index contributed by atoms with van der Waals surface area (Å²) >= 11 is 0. The van der Waals surface area contributed by atoms with Crippen LogP contribution in [0.15, 0.2) is 18.3 Å². The normalized spacial score (nSPS) is 16.1. The zero-order chi connectivity index (χ0) is 14.5. The van der Waals surface area contributed by atoms with E-state index >= 15 is 0 Å². The summed E-state index contributed by atoms with van der Waals surface area (Å²) in [6.45, 7) is 3.46. The van der Waals surface area contributed by atoms with Crippen LogP contribution >= 0.6 is 0 Å². The topological polar surface area (TPSA) is 99.8 Å². The minimum Gasteiger partial charge on any atom is -0.481 e. The minimum atomic E-state index is -0.784. The molecule has 0 bridgehead atoms. The third-order valence-electron chi connectivity index (χ3n) is 3.37. The second-order valence-electron chi connectivity index (χ2n) is 4.71. The summed E-state index contributed by atoms with van der Waals surface area (Å²) in [6, 6.07) is 3.36. The molecule has 1 aliphatic heterocycles. The monoisotopic (exact) mass is 278 g/mol. The lowest BCUT2D eigenvalue weighted by Crippen LogP contribution is -2.47. The Hall–Kier alpha value is -2.15. The van der Waals surface area contributed by atoms with Crippen molar-refractivity contribution in [3.05, 3.63) is 23.9 Å². The number of pyridine rings is 1. The maximum atomic E-state index is 11.4. The van der Waals surface area contributed by atoms with Crippen molar-refractivity contribution in [2.75, 3.05) is 37.6 Å². The number of carboxylic acid groups (broad SMARTS) is 1. The summed E-state index contributed by atoms with van der Waals surface area (Å²) in [5, 5.41) is 8.67. The van der Waals surface area contributed by atoms with Crippen LogP contribution in [0.3, 0.4) is 0 Å². The van der Waals surface area contributed by atoms with Crippen molar-refractivity contribution in [1.82, 2.24) is 9.88 Å². The number of amides is 1. The molecule has 2 rings (SSSR count). The fourth-order valence-corrected chi connectivity index (χ4v) is 2.28. The molecular weight excluding hydrogens is 260 g/mol. The van der Waals surface area contributed by atoms with Crippen LogP contribution < -0.4 is 10.6 Å². The maximum absolute atomic E-state index is 11.4. The molecule has 0 radical (unpaired) electrons. The largest absolute Gasteiger partial charge is 0.481 e. The zero-order valence-electron chi connectivity index (χ0n) is 11.2. The van der Waals surface area contributed by atoms with Crippen molar-refractivity contribution in [3.63, 3.8) is 0 Å². The van der Waals surface area contributed by atoms with Crippen LogP contribution in [-0.4, -0.2) is 59.6 Å². The summed E-state index contributed by atoms with van der Waals surface area (Å²) < 4.78 is 0. The van der Waals surface area contributed by atoms with Crippen molar-refractivity contribution >= 4 is 17.7 Å². The number of hydrogen-bond acceptors (Lipinski definition) is 5. The third-order valence-corrected chi connectivity index (χ3v) is 3.37. The van der Waals surface area contributed by atoms with Crippen molar-refractivity contribution < 1.29 is 14.7 Å². The van der Waals surface area contributed by atoms with Crippen LogP contribution in [-0.2, 0) is 4.79 Å². The van der Waals surface area contributed by atoms with Gasteiger partial charge >= 0.3 is 5.97 Å². The van der Waals surface area contributed by atoms with Gasteiger partial charge in [-0.15, -0.1) is 0 Å². The second kappa shape index (κ2) is 6.33. The van der Waals surface area contributed by atoms with Crippen LogP contribution in [0, 0.1) is 0 Å². The van der Waals surface area contributed by atoms with Crippen LogP contribution in [0.4, 0.5) is 5.82 Å². The van der Waals surface area contributed by atoms with Gasteiger partial charge in [-0.3, -0.25) is 14.5 Å². The third kappa shape index (κ3) is 3.45. The van der Waals surface area contributed by atoms with Crippen LogP contribution in [0.2, 0.25) is 0 Å². The van der Waals surface area contributed by atoms with E-state index in [1.165, 1.54) is 0 Å². The minimum absolute atomic E-state index is 0.149. The van der Waals surface area contributed by atoms with Gasteiger partial charge in [0.15, 0.2) is 0 Å². The number of aromatic nitrogens is 1. The number of primary amides is 1. The first-order valence-electron chi connectivity index (χ1n) is 6.52. The molecule has 20 heavy (non-hydrogen) atoms. The first kappa shape index (κ1) is 14.3. The molecule has 0 aliphatic carbocycles. The SMILES string of the molecule is NC(=O)c1cccnc1N1CCN(CCC(=O)O)CC1. The van der Waals surface area contributed by atoms with E-state index in [4.69, 9.17) is 10.8 Å². The van der Waals surface area contributed by atoms with Gasteiger partial charge in [0.25, 0.3) is 5.91 Å². The number of carbonyl (C=O) groups excluding carboxylic acids is 1. The molecule has 2 heterocycles. The summed E-state index contributed by atoms with van der Waals surface area (Å²) in [7, 11) is 0. The highest BCUT2D eigenvalue weighted by Crippen LogP contribution is 2.18. The van der Waals surface area contributed by atoms with E-state index < -0.39 is 11.9 Å². The Bertz CT molecular complexity index is 498. The van der Waals surface area contributed by atoms with Crippen molar-refractivity contribution in [2.24, 2.45) is 5.73 Å². The van der Waals surface area contributed by atoms with E-state index in [0.717, 1.165) is 13.1 Å². The van der Waals surface area contributed by atoms with Gasteiger partial charge in [-0.05, 0) is 12.1 Å². The van der Waals surface area contributed by atoms with Gasteiger partial charge in [0.1, 0.15) is 5.82 Å². The van der Waals surface area contributed by atoms with Gasteiger partial charge in [-0.2, -0.15) is 0 Å². The number of aliphatic carboxylic acids is 1. The fourth-order valence-electron chi connectivity index (χ4n) is 2.28. The molecule has 1 amide bonds. The number of anilines is 1. The van der Waals surface area contributed by atoms with E-state index in [1.54, 1.807) is 18.3 Å². The Morgan fingerprint density at radius 2 is 2.00 bits per heavy atom. The summed E-state index contributed by atoms with van der Waals surface area (Å²) in [5.74, 6) is -0.660. The van der Waals surface area contributed by atoms with Crippen LogP contribution in [0.1, 0.15) is 16.8 Å². The van der Waals surface area contributed by atoms with Crippen molar-refractivity contribution in [1.29, 1.82) is 0 Å². The molecule has 7 nitrogen and oxygen atoms in total. The molecule has 0 unspecified atom stereocenters. The molecule has 1 saturated heterocycles. The standard InChI is InChI=1S/C13H18N4O3/c14-12(20)10-2-1-4-15-13(10)17-8-6-16(7-9-17)5-3-11(18)19/h1-2,4H,3,5-9H2,(H2,14,20)(H,18,19). The molecule has 0 spiro atoms. The van der Waals surface area contributed by atoms with E-state index in [1.807, 2.05) is 4.90 Å². The Labute approximate surface area is 117 Å². The highest BCUT2D eigenvalue weighted by molar-refractivity contribution is 5.97. The Morgan fingerprint density at radius 3 is 2.60 bits per heavy atom. The maximum Gasteiger partial charge on any atom is 0.304 e. The van der Waals surface area contributed by atoms with Gasteiger partial charge in [-0.1, -0.05) is 0 Å². The molecular formula is C13H18N4O3. The number of hydrogen-bond donors (Lipinski definition) is 2. The van der Waals surface area contributed by atoms with Crippen LogP contribution in [0.5, 0.6) is 0 Å². The number of nitrogens with zero attached hydrogens (tertiary/aromatic N) is 3.